The summed E-state index contributed by atoms with van der Waals surface area (Å²) in [6, 6.07) is 6.14. The highest BCUT2D eigenvalue weighted by Gasteiger charge is 2.35. The third-order valence-electron chi connectivity index (χ3n) is 4.20. The van der Waals surface area contributed by atoms with Crippen LogP contribution in [0.15, 0.2) is 58.8 Å². The molecule has 27 heavy (non-hydrogen) atoms. The Morgan fingerprint density at radius 2 is 2.22 bits per heavy atom. The van der Waals surface area contributed by atoms with E-state index < -0.39 is 23.8 Å². The Labute approximate surface area is 155 Å². The number of rotatable bonds is 5. The summed E-state index contributed by atoms with van der Waals surface area (Å²) in [5.41, 5.74) is 1.19. The predicted octanol–water partition coefficient (Wildman–Crippen LogP) is 3.29. The van der Waals surface area contributed by atoms with Gasteiger partial charge in [-0.2, -0.15) is 0 Å². The lowest BCUT2D eigenvalue weighted by Gasteiger charge is -2.35. The molecule has 0 bridgehead atoms. The van der Waals surface area contributed by atoms with E-state index in [0.29, 0.717) is 17.0 Å². The fourth-order valence-electron chi connectivity index (χ4n) is 2.97. The van der Waals surface area contributed by atoms with Crippen LogP contribution in [0.25, 0.3) is 0 Å². The van der Waals surface area contributed by atoms with Crippen LogP contribution >= 0.6 is 0 Å². The number of carbonyl (C=O) groups excluding carboxylic acids is 2. The molecule has 0 fully saturated rings. The van der Waals surface area contributed by atoms with Crippen LogP contribution in [0.1, 0.15) is 24.3 Å². The monoisotopic (exact) mass is 370 g/mol. The molecule has 3 amide bonds. The van der Waals surface area contributed by atoms with Gasteiger partial charge >= 0.3 is 6.03 Å². The van der Waals surface area contributed by atoms with Crippen LogP contribution < -0.4 is 10.6 Å². The van der Waals surface area contributed by atoms with Crippen LogP contribution in [-0.4, -0.2) is 28.5 Å². The van der Waals surface area contributed by atoms with Crippen molar-refractivity contribution in [3.63, 3.8) is 0 Å². The standard InChI is InChI=1S/C19H19FN4O3/c1-4-8-24-12(3)16(18(25)21-15-9-11(2)27-23-15)17(22-19(24)26)13-6-5-7-14(20)10-13/h4-7,9-10,17H,1,8H2,2-3H3,(H,22,26)(H,21,23,25). The van der Waals surface area contributed by atoms with Crippen molar-refractivity contribution in [2.75, 3.05) is 11.9 Å². The number of hydrogen-bond acceptors (Lipinski definition) is 4. The zero-order valence-electron chi connectivity index (χ0n) is 15.0. The zero-order chi connectivity index (χ0) is 19.6. The Morgan fingerprint density at radius 3 is 2.85 bits per heavy atom. The van der Waals surface area contributed by atoms with E-state index in [2.05, 4.69) is 22.4 Å². The second kappa shape index (κ2) is 7.45. The Balaban J connectivity index is 2.04. The average molecular weight is 370 g/mol. The first-order valence-corrected chi connectivity index (χ1v) is 8.30. The van der Waals surface area contributed by atoms with Crippen LogP contribution in [0.5, 0.6) is 0 Å². The number of nitrogens with zero attached hydrogens (tertiary/aromatic N) is 2. The summed E-state index contributed by atoms with van der Waals surface area (Å²) >= 11 is 0. The van der Waals surface area contributed by atoms with Crippen molar-refractivity contribution in [1.82, 2.24) is 15.4 Å². The average Bonchev–Trinajstić information content (AvgIpc) is 3.02. The van der Waals surface area contributed by atoms with E-state index in [-0.39, 0.29) is 17.9 Å². The van der Waals surface area contributed by atoms with E-state index in [1.165, 1.54) is 23.1 Å². The quantitative estimate of drug-likeness (QED) is 0.791. The molecule has 7 nitrogen and oxygen atoms in total. The number of anilines is 1. The summed E-state index contributed by atoms with van der Waals surface area (Å²) in [5.74, 6) is -0.130. The zero-order valence-corrected chi connectivity index (χ0v) is 15.0. The van der Waals surface area contributed by atoms with Gasteiger partial charge in [0, 0.05) is 18.3 Å². The highest BCUT2D eigenvalue weighted by atomic mass is 19.1. The molecule has 0 radical (unpaired) electrons. The first kappa shape index (κ1) is 18.4. The number of carbonyl (C=O) groups is 2. The van der Waals surface area contributed by atoms with Gasteiger partial charge in [-0.1, -0.05) is 23.4 Å². The molecular formula is C19H19FN4O3. The maximum absolute atomic E-state index is 13.7. The van der Waals surface area contributed by atoms with Crippen molar-refractivity contribution in [1.29, 1.82) is 0 Å². The lowest BCUT2D eigenvalue weighted by atomic mass is 9.94. The van der Waals surface area contributed by atoms with E-state index in [1.807, 2.05) is 0 Å². The van der Waals surface area contributed by atoms with Crippen molar-refractivity contribution in [2.24, 2.45) is 0 Å². The molecule has 1 aliphatic heterocycles. The molecule has 1 atom stereocenters. The van der Waals surface area contributed by atoms with E-state index in [1.54, 1.807) is 32.1 Å². The van der Waals surface area contributed by atoms with Gasteiger partial charge in [0.15, 0.2) is 5.82 Å². The van der Waals surface area contributed by atoms with Gasteiger partial charge in [-0.25, -0.2) is 9.18 Å². The minimum Gasteiger partial charge on any atom is -0.360 e. The van der Waals surface area contributed by atoms with Crippen molar-refractivity contribution in [3.8, 4) is 0 Å². The largest absolute Gasteiger partial charge is 0.360 e. The molecule has 1 unspecified atom stereocenters. The van der Waals surface area contributed by atoms with Gasteiger partial charge in [0.05, 0.1) is 11.6 Å². The smallest absolute Gasteiger partial charge is 0.322 e. The number of nitrogens with one attached hydrogen (secondary N) is 2. The van der Waals surface area contributed by atoms with Crippen molar-refractivity contribution < 1.29 is 18.5 Å². The highest BCUT2D eigenvalue weighted by Crippen LogP contribution is 2.31. The fourth-order valence-corrected chi connectivity index (χ4v) is 2.97. The molecule has 2 heterocycles. The maximum Gasteiger partial charge on any atom is 0.322 e. The van der Waals surface area contributed by atoms with Crippen LogP contribution in [0, 0.1) is 12.7 Å². The lowest BCUT2D eigenvalue weighted by Crippen LogP contribution is -2.48. The number of allylic oxidation sites excluding steroid dienone is 1. The number of halogens is 1. The number of aromatic nitrogens is 1. The first-order chi connectivity index (χ1) is 12.9. The van der Waals surface area contributed by atoms with Crippen LogP contribution in [0.4, 0.5) is 15.0 Å². The Hall–Kier alpha value is -3.42. The lowest BCUT2D eigenvalue weighted by molar-refractivity contribution is -0.113. The Kier molecular flexibility index (Phi) is 5.07. The molecular weight excluding hydrogens is 351 g/mol. The van der Waals surface area contributed by atoms with Gasteiger partial charge in [0.25, 0.3) is 5.91 Å². The van der Waals surface area contributed by atoms with E-state index >= 15 is 0 Å². The van der Waals surface area contributed by atoms with Crippen LogP contribution in [0.2, 0.25) is 0 Å². The molecule has 0 aliphatic carbocycles. The maximum atomic E-state index is 13.7. The Bertz CT molecular complexity index is 935. The van der Waals surface area contributed by atoms with Crippen molar-refractivity contribution >= 4 is 17.8 Å². The summed E-state index contributed by atoms with van der Waals surface area (Å²) < 4.78 is 18.7. The molecule has 8 heteroatoms. The normalized spacial score (nSPS) is 16.9. The number of hydrogen-bond donors (Lipinski definition) is 2. The molecule has 2 N–H and O–H groups in total. The second-order valence-corrected chi connectivity index (χ2v) is 6.11. The third-order valence-corrected chi connectivity index (χ3v) is 4.20. The van der Waals surface area contributed by atoms with Crippen molar-refractivity contribution in [2.45, 2.75) is 19.9 Å². The van der Waals surface area contributed by atoms with Gasteiger partial charge in [-0.15, -0.1) is 6.58 Å². The third kappa shape index (κ3) is 3.74. The van der Waals surface area contributed by atoms with E-state index in [0.717, 1.165) is 0 Å². The molecule has 2 aromatic rings. The number of benzene rings is 1. The van der Waals surface area contributed by atoms with Gasteiger partial charge in [-0.05, 0) is 31.5 Å². The second-order valence-electron chi connectivity index (χ2n) is 6.11. The number of amides is 3. The molecule has 1 aromatic carbocycles. The summed E-state index contributed by atoms with van der Waals surface area (Å²) in [4.78, 5) is 26.8. The summed E-state index contributed by atoms with van der Waals surface area (Å²) in [6.45, 7) is 7.23. The summed E-state index contributed by atoms with van der Waals surface area (Å²) in [5, 5.41) is 9.16. The van der Waals surface area contributed by atoms with Crippen molar-refractivity contribution in [3.05, 3.63) is 71.4 Å². The first-order valence-electron chi connectivity index (χ1n) is 8.30. The molecule has 3 rings (SSSR count). The Morgan fingerprint density at radius 1 is 1.44 bits per heavy atom. The minimum atomic E-state index is -0.803. The SMILES string of the molecule is C=CCN1C(=O)NC(c2cccc(F)c2)C(C(=O)Nc2cc(C)on2)=C1C. The van der Waals surface area contributed by atoms with Crippen LogP contribution in [-0.2, 0) is 4.79 Å². The van der Waals surface area contributed by atoms with Gasteiger partial charge in [0.1, 0.15) is 11.6 Å². The van der Waals surface area contributed by atoms with Gasteiger partial charge in [-0.3, -0.25) is 9.69 Å². The molecule has 1 aromatic heterocycles. The minimum absolute atomic E-state index is 0.230. The van der Waals surface area contributed by atoms with Gasteiger partial charge in [0.2, 0.25) is 0 Å². The van der Waals surface area contributed by atoms with Gasteiger partial charge < -0.3 is 15.2 Å². The van der Waals surface area contributed by atoms with E-state index in [9.17, 15) is 14.0 Å². The highest BCUT2D eigenvalue weighted by molar-refractivity contribution is 6.06. The summed E-state index contributed by atoms with van der Waals surface area (Å²) in [7, 11) is 0. The number of urea groups is 1. The van der Waals surface area contributed by atoms with E-state index in [4.69, 9.17) is 4.52 Å². The molecule has 140 valence electrons. The number of aryl methyl sites for hydroxylation is 1. The molecule has 0 spiro atoms. The molecule has 0 saturated heterocycles. The summed E-state index contributed by atoms with van der Waals surface area (Å²) in [6.07, 6.45) is 1.56. The molecule has 1 aliphatic rings. The topological polar surface area (TPSA) is 87.5 Å². The fraction of sp³-hybridized carbons (Fsp3) is 0.211. The predicted molar refractivity (Wildman–Crippen MR) is 97.1 cm³/mol. The molecule has 0 saturated carbocycles. The van der Waals surface area contributed by atoms with Crippen LogP contribution in [0.3, 0.4) is 0 Å².